The average molecular weight is 337 g/mol. The van der Waals surface area contributed by atoms with Gasteiger partial charge in [0.1, 0.15) is 0 Å². The summed E-state index contributed by atoms with van der Waals surface area (Å²) in [5, 5.41) is 9.88. The average Bonchev–Trinajstić information content (AvgIpc) is 2.34. The number of rotatable bonds is 2. The summed E-state index contributed by atoms with van der Waals surface area (Å²) in [5.74, 6) is -1.16. The SMILES string of the molecule is O=C(O)c1c(Cl)cncc1-c1cc(Cl)c(Cl)c(Cl)c1. The molecule has 0 radical (unpaired) electrons. The minimum atomic E-state index is -1.16. The molecule has 3 nitrogen and oxygen atoms in total. The van der Waals surface area contributed by atoms with Crippen LogP contribution in [-0.4, -0.2) is 16.1 Å². The second-order valence-electron chi connectivity index (χ2n) is 3.60. The molecule has 2 aromatic rings. The fourth-order valence-electron chi connectivity index (χ4n) is 1.58. The van der Waals surface area contributed by atoms with E-state index in [9.17, 15) is 9.90 Å². The summed E-state index contributed by atoms with van der Waals surface area (Å²) in [6.07, 6.45) is 2.64. The third kappa shape index (κ3) is 2.79. The molecule has 0 saturated carbocycles. The van der Waals surface area contributed by atoms with Gasteiger partial charge in [-0.25, -0.2) is 4.79 Å². The van der Waals surface area contributed by atoms with Crippen molar-refractivity contribution in [3.63, 3.8) is 0 Å². The van der Waals surface area contributed by atoms with E-state index >= 15 is 0 Å². The van der Waals surface area contributed by atoms with Crippen molar-refractivity contribution in [3.8, 4) is 11.1 Å². The molecule has 0 fully saturated rings. The summed E-state index contributed by atoms with van der Waals surface area (Å²) in [4.78, 5) is 15.1. The lowest BCUT2D eigenvalue weighted by molar-refractivity contribution is 0.0698. The smallest absolute Gasteiger partial charge is 0.337 e. The Kier molecular flexibility index (Phi) is 4.21. The van der Waals surface area contributed by atoms with Gasteiger partial charge in [0.25, 0.3) is 0 Å². The molecule has 7 heteroatoms. The van der Waals surface area contributed by atoms with Gasteiger partial charge in [0.15, 0.2) is 0 Å². The Morgan fingerprint density at radius 2 is 1.58 bits per heavy atom. The van der Waals surface area contributed by atoms with E-state index in [2.05, 4.69) is 4.98 Å². The second kappa shape index (κ2) is 5.55. The third-order valence-corrected chi connectivity index (χ3v) is 3.89. The van der Waals surface area contributed by atoms with Crippen LogP contribution in [0, 0.1) is 0 Å². The van der Waals surface area contributed by atoms with Crippen molar-refractivity contribution in [2.45, 2.75) is 0 Å². The van der Waals surface area contributed by atoms with Crippen molar-refractivity contribution in [1.29, 1.82) is 0 Å². The van der Waals surface area contributed by atoms with Gasteiger partial charge in [-0.1, -0.05) is 46.4 Å². The molecule has 0 unspecified atom stereocenters. The van der Waals surface area contributed by atoms with Crippen molar-refractivity contribution in [2.75, 3.05) is 0 Å². The zero-order chi connectivity index (χ0) is 14.2. The van der Waals surface area contributed by atoms with Gasteiger partial charge >= 0.3 is 5.97 Å². The fourth-order valence-corrected chi connectivity index (χ4v) is 2.42. The van der Waals surface area contributed by atoms with Crippen LogP contribution in [0.2, 0.25) is 20.1 Å². The van der Waals surface area contributed by atoms with E-state index in [0.29, 0.717) is 11.1 Å². The van der Waals surface area contributed by atoms with Gasteiger partial charge in [-0.05, 0) is 17.7 Å². The normalized spacial score (nSPS) is 10.5. The lowest BCUT2D eigenvalue weighted by Crippen LogP contribution is -2.01. The van der Waals surface area contributed by atoms with Gasteiger partial charge in [-0.2, -0.15) is 0 Å². The monoisotopic (exact) mass is 335 g/mol. The number of hydrogen-bond donors (Lipinski definition) is 1. The van der Waals surface area contributed by atoms with Crippen LogP contribution in [0.3, 0.4) is 0 Å². The first-order valence-corrected chi connectivity index (χ1v) is 6.44. The van der Waals surface area contributed by atoms with Crippen LogP contribution in [0.5, 0.6) is 0 Å². The molecule has 0 aliphatic rings. The molecule has 1 heterocycles. The maximum Gasteiger partial charge on any atom is 0.337 e. The Bertz CT molecular complexity index is 650. The summed E-state index contributed by atoms with van der Waals surface area (Å²) in [5.41, 5.74) is 0.735. The number of aromatic nitrogens is 1. The third-order valence-electron chi connectivity index (χ3n) is 2.41. The molecule has 0 spiro atoms. The predicted octanol–water partition coefficient (Wildman–Crippen LogP) is 5.06. The first-order chi connectivity index (χ1) is 8.91. The number of aromatic carboxylic acids is 1. The molecule has 1 aromatic heterocycles. The van der Waals surface area contributed by atoms with Crippen LogP contribution < -0.4 is 0 Å². The summed E-state index contributed by atoms with van der Waals surface area (Å²) in [7, 11) is 0. The Morgan fingerprint density at radius 1 is 1.00 bits per heavy atom. The van der Waals surface area contributed by atoms with Crippen molar-refractivity contribution in [3.05, 3.63) is 50.2 Å². The first-order valence-electron chi connectivity index (χ1n) is 4.93. The van der Waals surface area contributed by atoms with Crippen LogP contribution >= 0.6 is 46.4 Å². The first kappa shape index (κ1) is 14.4. The van der Waals surface area contributed by atoms with E-state index in [0.717, 1.165) is 0 Å². The molecule has 0 aliphatic heterocycles. The lowest BCUT2D eigenvalue weighted by Gasteiger charge is -2.09. The van der Waals surface area contributed by atoms with E-state index in [1.807, 2.05) is 0 Å². The summed E-state index contributed by atoms with van der Waals surface area (Å²) >= 11 is 23.5. The predicted molar refractivity (Wildman–Crippen MR) is 76.7 cm³/mol. The second-order valence-corrected chi connectivity index (χ2v) is 5.20. The van der Waals surface area contributed by atoms with Gasteiger partial charge in [0, 0.05) is 18.0 Å². The maximum atomic E-state index is 11.2. The van der Waals surface area contributed by atoms with Gasteiger partial charge in [-0.15, -0.1) is 0 Å². The Balaban J connectivity index is 2.73. The van der Waals surface area contributed by atoms with Crippen molar-refractivity contribution in [2.24, 2.45) is 0 Å². The van der Waals surface area contributed by atoms with Gasteiger partial charge in [0.05, 0.1) is 25.7 Å². The van der Waals surface area contributed by atoms with E-state index in [4.69, 9.17) is 46.4 Å². The zero-order valence-electron chi connectivity index (χ0n) is 9.12. The fraction of sp³-hybridized carbons (Fsp3) is 0. The van der Waals surface area contributed by atoms with E-state index < -0.39 is 5.97 Å². The number of carboxylic acids is 1. The highest BCUT2D eigenvalue weighted by Crippen LogP contribution is 2.37. The van der Waals surface area contributed by atoms with Crippen molar-refractivity contribution < 1.29 is 9.90 Å². The van der Waals surface area contributed by atoms with Crippen LogP contribution in [0.15, 0.2) is 24.5 Å². The van der Waals surface area contributed by atoms with Crippen LogP contribution in [0.4, 0.5) is 0 Å². The molecule has 1 aromatic carbocycles. The minimum absolute atomic E-state index is 0.0344. The zero-order valence-corrected chi connectivity index (χ0v) is 12.1. The van der Waals surface area contributed by atoms with Gasteiger partial charge in [0.2, 0.25) is 0 Å². The maximum absolute atomic E-state index is 11.2. The topological polar surface area (TPSA) is 50.2 Å². The van der Waals surface area contributed by atoms with E-state index in [1.165, 1.54) is 24.5 Å². The van der Waals surface area contributed by atoms with Gasteiger partial charge in [-0.3, -0.25) is 4.98 Å². The van der Waals surface area contributed by atoms with Gasteiger partial charge < -0.3 is 5.11 Å². The number of carbonyl (C=O) groups is 1. The number of benzene rings is 1. The summed E-state index contributed by atoms with van der Waals surface area (Å²) in [6, 6.07) is 3.02. The summed E-state index contributed by atoms with van der Waals surface area (Å²) in [6.45, 7) is 0. The molecule has 2 rings (SSSR count). The summed E-state index contributed by atoms with van der Waals surface area (Å²) < 4.78 is 0. The van der Waals surface area contributed by atoms with E-state index in [1.54, 1.807) is 0 Å². The molecule has 0 aliphatic carbocycles. The number of hydrogen-bond acceptors (Lipinski definition) is 2. The highest BCUT2D eigenvalue weighted by atomic mass is 35.5. The Labute approximate surface area is 128 Å². The molecule has 0 atom stereocenters. The van der Waals surface area contributed by atoms with Crippen molar-refractivity contribution in [1.82, 2.24) is 4.98 Å². The lowest BCUT2D eigenvalue weighted by atomic mass is 10.0. The highest BCUT2D eigenvalue weighted by Gasteiger charge is 2.18. The van der Waals surface area contributed by atoms with E-state index in [-0.39, 0.29) is 25.7 Å². The molecule has 0 saturated heterocycles. The minimum Gasteiger partial charge on any atom is -0.478 e. The Morgan fingerprint density at radius 3 is 2.11 bits per heavy atom. The molecule has 1 N–H and O–H groups in total. The number of pyridine rings is 1. The van der Waals surface area contributed by atoms with Crippen molar-refractivity contribution >= 4 is 52.4 Å². The quantitative estimate of drug-likeness (QED) is 0.780. The van der Waals surface area contributed by atoms with Crippen LogP contribution in [-0.2, 0) is 0 Å². The molecule has 98 valence electrons. The molecule has 0 amide bonds. The molecule has 19 heavy (non-hydrogen) atoms. The largest absolute Gasteiger partial charge is 0.478 e. The Hall–Kier alpha value is -1.000. The highest BCUT2D eigenvalue weighted by molar-refractivity contribution is 6.48. The molecular weight excluding hydrogens is 332 g/mol. The molecular formula is C12H5Cl4NO2. The van der Waals surface area contributed by atoms with Crippen LogP contribution in [0.25, 0.3) is 11.1 Å². The number of halogens is 4. The standard InChI is InChI=1S/C12H5Cl4NO2/c13-7-1-5(2-8(14)11(7)16)6-3-17-4-9(15)10(6)12(18)19/h1-4H,(H,18,19). The number of nitrogens with zero attached hydrogens (tertiary/aromatic N) is 1. The van der Waals surface area contributed by atoms with Crippen LogP contribution in [0.1, 0.15) is 10.4 Å². The number of carboxylic acid groups (broad SMARTS) is 1. The molecule has 0 bridgehead atoms.